The number of carbonyl (C=O) groups is 2. The highest BCUT2D eigenvalue weighted by molar-refractivity contribution is 5.99. The van der Waals surface area contributed by atoms with Gasteiger partial charge in [0.2, 0.25) is 11.8 Å². The molecule has 0 bridgehead atoms. The number of hydrogen-bond acceptors (Lipinski definition) is 5. The van der Waals surface area contributed by atoms with Crippen LogP contribution in [0.4, 0.5) is 10.5 Å². The van der Waals surface area contributed by atoms with E-state index in [2.05, 4.69) is 10.3 Å². The van der Waals surface area contributed by atoms with Crippen molar-refractivity contribution < 1.29 is 24.2 Å². The molecule has 4 rings (SSSR count). The highest BCUT2D eigenvalue weighted by Gasteiger charge is 2.52. The van der Waals surface area contributed by atoms with Gasteiger partial charge in [-0.15, -0.1) is 0 Å². The van der Waals surface area contributed by atoms with Gasteiger partial charge in [-0.3, -0.25) is 9.69 Å². The lowest BCUT2D eigenvalue weighted by atomic mass is 9.89. The third-order valence-corrected chi connectivity index (χ3v) is 6.62. The van der Waals surface area contributed by atoms with Crippen molar-refractivity contribution in [1.82, 2.24) is 9.88 Å². The maximum Gasteiger partial charge on any atom is 0.408 e. The molecule has 8 heteroatoms. The van der Waals surface area contributed by atoms with Crippen LogP contribution >= 0.6 is 0 Å². The Morgan fingerprint density at radius 3 is 2.48 bits per heavy atom. The number of benzene rings is 1. The fourth-order valence-corrected chi connectivity index (χ4v) is 4.62. The average Bonchev–Trinajstić information content (AvgIpc) is 3.43. The van der Waals surface area contributed by atoms with Crippen LogP contribution in [-0.4, -0.2) is 44.7 Å². The summed E-state index contributed by atoms with van der Waals surface area (Å²) in [4.78, 5) is 30.7. The van der Waals surface area contributed by atoms with E-state index in [-0.39, 0.29) is 5.41 Å². The van der Waals surface area contributed by atoms with Crippen molar-refractivity contribution >= 4 is 17.7 Å². The number of carbonyl (C=O) groups excluding carboxylic acids is 1. The van der Waals surface area contributed by atoms with Crippen LogP contribution in [0.1, 0.15) is 59.4 Å². The van der Waals surface area contributed by atoms with Crippen LogP contribution in [0.15, 0.2) is 36.5 Å². The fourth-order valence-electron chi connectivity index (χ4n) is 4.62. The van der Waals surface area contributed by atoms with Crippen LogP contribution in [0.2, 0.25) is 0 Å². The van der Waals surface area contributed by atoms with Crippen LogP contribution in [0.5, 0.6) is 17.4 Å². The van der Waals surface area contributed by atoms with E-state index in [1.54, 1.807) is 46.8 Å². The van der Waals surface area contributed by atoms with E-state index in [0.717, 1.165) is 29.9 Å². The van der Waals surface area contributed by atoms with Gasteiger partial charge in [0.05, 0.1) is 18.5 Å². The third kappa shape index (κ3) is 4.10. The fraction of sp³-hybridized carbons (Fsp3) is 0.480. The Bertz CT molecular complexity index is 1070. The van der Waals surface area contributed by atoms with Gasteiger partial charge in [-0.2, -0.15) is 0 Å². The first-order chi connectivity index (χ1) is 15.5. The van der Waals surface area contributed by atoms with E-state index in [1.165, 1.54) is 11.1 Å². The van der Waals surface area contributed by atoms with Gasteiger partial charge in [-0.05, 0) is 65.2 Å². The van der Waals surface area contributed by atoms with Crippen LogP contribution < -0.4 is 14.8 Å². The van der Waals surface area contributed by atoms with E-state index in [1.807, 2.05) is 18.2 Å². The molecular weight excluding hydrogens is 422 g/mol. The predicted molar refractivity (Wildman–Crippen MR) is 124 cm³/mol. The molecule has 0 saturated heterocycles. The van der Waals surface area contributed by atoms with Crippen LogP contribution in [0.25, 0.3) is 0 Å². The molecule has 2 heterocycles. The summed E-state index contributed by atoms with van der Waals surface area (Å²) in [6.07, 6.45) is 2.88. The Kier molecular flexibility index (Phi) is 5.50. The molecule has 2 aliphatic rings. The Hall–Kier alpha value is -3.29. The molecule has 1 fully saturated rings. The van der Waals surface area contributed by atoms with Gasteiger partial charge >= 0.3 is 6.09 Å². The molecule has 1 atom stereocenters. The third-order valence-electron chi connectivity index (χ3n) is 6.62. The van der Waals surface area contributed by atoms with Crippen molar-refractivity contribution in [3.05, 3.63) is 42.1 Å². The molecule has 1 spiro atoms. The number of nitrogens with zero attached hydrogens (tertiary/aromatic N) is 2. The van der Waals surface area contributed by atoms with Crippen molar-refractivity contribution in [2.45, 2.75) is 70.4 Å². The molecule has 2 aromatic rings. The largest absolute Gasteiger partial charge is 0.492 e. The van der Waals surface area contributed by atoms with E-state index in [9.17, 15) is 14.7 Å². The second-order valence-corrected chi connectivity index (χ2v) is 10.1. The summed E-state index contributed by atoms with van der Waals surface area (Å²) >= 11 is 0. The Balaban J connectivity index is 1.50. The molecule has 1 aliphatic carbocycles. The number of pyridine rings is 1. The monoisotopic (exact) mass is 453 g/mol. The van der Waals surface area contributed by atoms with E-state index in [4.69, 9.17) is 9.47 Å². The van der Waals surface area contributed by atoms with Crippen molar-refractivity contribution in [2.75, 3.05) is 11.9 Å². The molecule has 33 heavy (non-hydrogen) atoms. The molecule has 1 aromatic carbocycles. The molecule has 0 radical (unpaired) electrons. The molecular formula is C25H31N3O5. The zero-order valence-electron chi connectivity index (χ0n) is 19.8. The maximum atomic E-state index is 13.2. The lowest BCUT2D eigenvalue weighted by Gasteiger charge is -2.45. The molecule has 1 saturated carbocycles. The zero-order valence-corrected chi connectivity index (χ0v) is 19.8. The van der Waals surface area contributed by atoms with Gasteiger partial charge in [0.1, 0.15) is 17.0 Å². The molecule has 176 valence electrons. The number of fused-ring (bicyclic) bond motifs is 2. The topological polar surface area (TPSA) is 101 Å². The molecule has 2 N–H and O–H groups in total. The minimum absolute atomic E-state index is 0.0769. The smallest absolute Gasteiger partial charge is 0.408 e. The van der Waals surface area contributed by atoms with Gasteiger partial charge in [-0.25, -0.2) is 9.78 Å². The first kappa shape index (κ1) is 22.9. The van der Waals surface area contributed by atoms with Crippen LogP contribution in [-0.2, 0) is 10.2 Å². The maximum absolute atomic E-state index is 13.2. The minimum Gasteiger partial charge on any atom is -0.492 e. The second kappa shape index (κ2) is 7.93. The molecule has 8 nitrogen and oxygen atoms in total. The lowest BCUT2D eigenvalue weighted by Crippen LogP contribution is -2.63. The van der Waals surface area contributed by atoms with E-state index in [0.29, 0.717) is 24.6 Å². The Labute approximate surface area is 193 Å². The Morgan fingerprint density at radius 1 is 1.21 bits per heavy atom. The zero-order chi connectivity index (χ0) is 24.0. The van der Waals surface area contributed by atoms with Crippen molar-refractivity contribution in [3.8, 4) is 17.4 Å². The minimum atomic E-state index is -1.25. The van der Waals surface area contributed by atoms with Gasteiger partial charge in [0.25, 0.3) is 0 Å². The number of nitrogens with one attached hydrogen (secondary N) is 1. The van der Waals surface area contributed by atoms with Gasteiger partial charge in [-0.1, -0.05) is 13.0 Å². The van der Waals surface area contributed by atoms with Crippen molar-refractivity contribution in [1.29, 1.82) is 0 Å². The number of carboxylic acid groups (broad SMARTS) is 1. The summed E-state index contributed by atoms with van der Waals surface area (Å²) in [5, 5.41) is 12.6. The van der Waals surface area contributed by atoms with E-state index >= 15 is 0 Å². The molecule has 2 amide bonds. The van der Waals surface area contributed by atoms with Crippen LogP contribution in [0, 0.1) is 0 Å². The quantitative estimate of drug-likeness (QED) is 0.625. The molecule has 1 aliphatic heterocycles. The first-order valence-electron chi connectivity index (χ1n) is 11.3. The number of hydrogen-bond donors (Lipinski definition) is 2. The first-order valence-corrected chi connectivity index (χ1v) is 11.3. The van der Waals surface area contributed by atoms with Gasteiger partial charge in [0, 0.05) is 22.6 Å². The Morgan fingerprint density at radius 2 is 1.94 bits per heavy atom. The molecule has 0 unspecified atom stereocenters. The number of rotatable bonds is 6. The lowest BCUT2D eigenvalue weighted by molar-refractivity contribution is -0.129. The predicted octanol–water partition coefficient (Wildman–Crippen LogP) is 5.18. The van der Waals surface area contributed by atoms with Gasteiger partial charge in [0.15, 0.2) is 0 Å². The number of anilines is 1. The van der Waals surface area contributed by atoms with Crippen molar-refractivity contribution in [2.24, 2.45) is 0 Å². The highest BCUT2D eigenvalue weighted by Crippen LogP contribution is 2.58. The highest BCUT2D eigenvalue weighted by atomic mass is 16.5. The number of ether oxygens (including phenoxy) is 2. The number of aromatic nitrogens is 1. The molecule has 1 aromatic heterocycles. The van der Waals surface area contributed by atoms with Gasteiger partial charge < -0.3 is 19.9 Å². The SMILES string of the molecule is CC[C@](C)(C(=O)Nc1ccc(Oc2cccc3c2C2(CC2)CO3)nc1)N(C(=O)O)C(C)(C)C. The summed E-state index contributed by atoms with van der Waals surface area (Å²) < 4.78 is 11.9. The summed E-state index contributed by atoms with van der Waals surface area (Å²) in [7, 11) is 0. The standard InChI is InChI=1S/C25H31N3O5/c1-6-24(5,28(22(30)31)23(2,3)4)21(29)27-16-10-11-19(26-14-16)33-18-9-7-8-17-20(18)25(12-13-25)15-32-17/h7-11,14H,6,12-13,15H2,1-5H3,(H,27,29)(H,30,31)/t24-/m1/s1. The summed E-state index contributed by atoms with van der Waals surface area (Å²) in [5.41, 5.74) is -0.344. The van der Waals surface area contributed by atoms with Crippen molar-refractivity contribution in [3.63, 3.8) is 0 Å². The summed E-state index contributed by atoms with van der Waals surface area (Å²) in [5.74, 6) is 1.61. The van der Waals surface area contributed by atoms with E-state index < -0.39 is 23.1 Å². The average molecular weight is 454 g/mol. The van der Waals surface area contributed by atoms with Crippen LogP contribution in [0.3, 0.4) is 0 Å². The summed E-state index contributed by atoms with van der Waals surface area (Å²) in [6.45, 7) is 9.44. The summed E-state index contributed by atoms with van der Waals surface area (Å²) in [6, 6.07) is 9.17. The number of amides is 2. The normalized spacial score (nSPS) is 17.5. The second-order valence-electron chi connectivity index (χ2n) is 10.1.